The Kier molecular flexibility index (Phi) is 7.09. The van der Waals surface area contributed by atoms with E-state index in [2.05, 4.69) is 24.5 Å². The molecule has 1 aromatic carbocycles. The average Bonchev–Trinajstić information content (AvgIpc) is 2.43. The van der Waals surface area contributed by atoms with E-state index in [0.29, 0.717) is 5.92 Å². The van der Waals surface area contributed by atoms with Crippen molar-refractivity contribution in [2.75, 3.05) is 6.61 Å². The van der Waals surface area contributed by atoms with Crippen molar-refractivity contribution < 1.29 is 9.90 Å². The summed E-state index contributed by atoms with van der Waals surface area (Å²) < 4.78 is 0. The highest BCUT2D eigenvalue weighted by Gasteiger charge is 2.14. The average molecular weight is 278 g/mol. The van der Waals surface area contributed by atoms with E-state index in [4.69, 9.17) is 0 Å². The summed E-state index contributed by atoms with van der Waals surface area (Å²) in [4.78, 5) is 11.9. The van der Waals surface area contributed by atoms with Crippen molar-refractivity contribution in [2.24, 2.45) is 5.92 Å². The van der Waals surface area contributed by atoms with Crippen LogP contribution in [0.2, 0.25) is 0 Å². The molecule has 1 aromatic rings. The van der Waals surface area contributed by atoms with Gasteiger partial charge in [0.15, 0.2) is 0 Å². The smallest absolute Gasteiger partial charge is 0.315 e. The van der Waals surface area contributed by atoms with Gasteiger partial charge in [-0.1, -0.05) is 44.2 Å². The Hall–Kier alpha value is -1.55. The van der Waals surface area contributed by atoms with Gasteiger partial charge in [0.25, 0.3) is 0 Å². The van der Waals surface area contributed by atoms with E-state index in [1.54, 1.807) is 0 Å². The van der Waals surface area contributed by atoms with E-state index in [1.807, 2.05) is 37.3 Å². The zero-order chi connectivity index (χ0) is 15.0. The second-order valence-corrected chi connectivity index (χ2v) is 5.64. The standard InChI is InChI=1S/C16H26N2O2/c1-12(2)9-10-13(3)17-16(20)18-15(11-19)14-7-5-4-6-8-14/h4-8,12-13,15,19H,9-11H2,1-3H3,(H2,17,18,20). The van der Waals surface area contributed by atoms with E-state index in [0.717, 1.165) is 18.4 Å². The fraction of sp³-hybridized carbons (Fsp3) is 0.562. The maximum Gasteiger partial charge on any atom is 0.315 e. The third-order valence-electron chi connectivity index (χ3n) is 3.24. The van der Waals surface area contributed by atoms with Gasteiger partial charge in [0.1, 0.15) is 0 Å². The Balaban J connectivity index is 2.44. The van der Waals surface area contributed by atoms with Crippen LogP contribution in [-0.4, -0.2) is 23.8 Å². The van der Waals surface area contributed by atoms with Crippen LogP contribution < -0.4 is 10.6 Å². The van der Waals surface area contributed by atoms with Gasteiger partial charge in [0, 0.05) is 6.04 Å². The third kappa shape index (κ3) is 6.06. The minimum Gasteiger partial charge on any atom is -0.394 e. The molecule has 0 aromatic heterocycles. The largest absolute Gasteiger partial charge is 0.394 e. The first-order valence-electron chi connectivity index (χ1n) is 7.25. The van der Waals surface area contributed by atoms with Gasteiger partial charge in [-0.15, -0.1) is 0 Å². The molecule has 0 saturated carbocycles. The zero-order valence-corrected chi connectivity index (χ0v) is 12.6. The molecule has 1 rings (SSSR count). The zero-order valence-electron chi connectivity index (χ0n) is 12.6. The van der Waals surface area contributed by atoms with Crippen molar-refractivity contribution in [1.29, 1.82) is 0 Å². The number of carbonyl (C=O) groups is 1. The molecule has 0 bridgehead atoms. The first-order chi connectivity index (χ1) is 9.52. The molecule has 2 amide bonds. The van der Waals surface area contributed by atoms with E-state index < -0.39 is 0 Å². The number of amides is 2. The minimum absolute atomic E-state index is 0.113. The molecule has 0 fully saturated rings. The van der Waals surface area contributed by atoms with Crippen LogP contribution >= 0.6 is 0 Å². The molecule has 20 heavy (non-hydrogen) atoms. The summed E-state index contributed by atoms with van der Waals surface area (Å²) in [6, 6.07) is 9.01. The van der Waals surface area contributed by atoms with Gasteiger partial charge in [0.2, 0.25) is 0 Å². The maximum absolute atomic E-state index is 11.9. The van der Waals surface area contributed by atoms with Crippen LogP contribution in [0.3, 0.4) is 0 Å². The Morgan fingerprint density at radius 2 is 1.75 bits per heavy atom. The molecular formula is C16H26N2O2. The van der Waals surface area contributed by atoms with Crippen molar-refractivity contribution in [1.82, 2.24) is 10.6 Å². The summed E-state index contributed by atoms with van der Waals surface area (Å²) in [5.41, 5.74) is 0.903. The number of carbonyl (C=O) groups excluding carboxylic acids is 1. The Morgan fingerprint density at radius 1 is 1.10 bits per heavy atom. The summed E-state index contributed by atoms with van der Waals surface area (Å²) in [7, 11) is 0. The maximum atomic E-state index is 11.9. The van der Waals surface area contributed by atoms with Crippen LogP contribution in [0, 0.1) is 5.92 Å². The highest BCUT2D eigenvalue weighted by atomic mass is 16.3. The fourth-order valence-electron chi connectivity index (χ4n) is 2.00. The van der Waals surface area contributed by atoms with Crippen molar-refractivity contribution in [3.63, 3.8) is 0 Å². The molecule has 0 saturated heterocycles. The Labute approximate surface area is 121 Å². The topological polar surface area (TPSA) is 61.4 Å². The lowest BCUT2D eigenvalue weighted by Gasteiger charge is -2.20. The first-order valence-corrected chi connectivity index (χ1v) is 7.25. The van der Waals surface area contributed by atoms with E-state index >= 15 is 0 Å². The van der Waals surface area contributed by atoms with Crippen LogP contribution in [0.1, 0.15) is 45.2 Å². The van der Waals surface area contributed by atoms with Crippen molar-refractivity contribution >= 4 is 6.03 Å². The molecule has 4 heteroatoms. The summed E-state index contributed by atoms with van der Waals surface area (Å²) in [6.07, 6.45) is 2.05. The molecular weight excluding hydrogens is 252 g/mol. The summed E-state index contributed by atoms with van der Waals surface area (Å²) in [5, 5.41) is 15.1. The number of hydrogen-bond acceptors (Lipinski definition) is 2. The molecule has 0 aliphatic rings. The minimum atomic E-state index is -0.367. The van der Waals surface area contributed by atoms with E-state index in [1.165, 1.54) is 0 Å². The molecule has 0 aliphatic carbocycles. The van der Waals surface area contributed by atoms with Crippen molar-refractivity contribution in [3.8, 4) is 0 Å². The highest BCUT2D eigenvalue weighted by Crippen LogP contribution is 2.11. The van der Waals surface area contributed by atoms with Crippen LogP contribution in [-0.2, 0) is 0 Å². The van der Waals surface area contributed by atoms with Gasteiger partial charge < -0.3 is 15.7 Å². The molecule has 3 N–H and O–H groups in total. The van der Waals surface area contributed by atoms with Gasteiger partial charge in [0.05, 0.1) is 12.6 Å². The number of aliphatic hydroxyl groups is 1. The molecule has 112 valence electrons. The number of rotatable bonds is 7. The summed E-state index contributed by atoms with van der Waals surface area (Å²) >= 11 is 0. The van der Waals surface area contributed by atoms with Crippen LogP contribution in [0.4, 0.5) is 4.79 Å². The molecule has 0 radical (unpaired) electrons. The molecule has 2 atom stereocenters. The number of aliphatic hydroxyl groups excluding tert-OH is 1. The predicted octanol–water partition coefficient (Wildman–Crippen LogP) is 2.84. The van der Waals surface area contributed by atoms with E-state index in [9.17, 15) is 9.90 Å². The SMILES string of the molecule is CC(C)CCC(C)NC(=O)NC(CO)c1ccccc1. The lowest BCUT2D eigenvalue weighted by molar-refractivity contribution is 0.214. The number of urea groups is 1. The summed E-state index contributed by atoms with van der Waals surface area (Å²) in [6.45, 7) is 6.23. The molecule has 0 heterocycles. The van der Waals surface area contributed by atoms with Crippen LogP contribution in [0.5, 0.6) is 0 Å². The Morgan fingerprint density at radius 3 is 2.30 bits per heavy atom. The number of nitrogens with one attached hydrogen (secondary N) is 2. The van der Waals surface area contributed by atoms with Crippen LogP contribution in [0.15, 0.2) is 30.3 Å². The predicted molar refractivity (Wildman–Crippen MR) is 81.5 cm³/mol. The van der Waals surface area contributed by atoms with E-state index in [-0.39, 0.29) is 24.7 Å². The van der Waals surface area contributed by atoms with Gasteiger partial charge >= 0.3 is 6.03 Å². The monoisotopic (exact) mass is 278 g/mol. The number of benzene rings is 1. The van der Waals surface area contributed by atoms with Crippen molar-refractivity contribution in [3.05, 3.63) is 35.9 Å². The van der Waals surface area contributed by atoms with Crippen LogP contribution in [0.25, 0.3) is 0 Å². The molecule has 0 spiro atoms. The normalized spacial score (nSPS) is 13.8. The number of hydrogen-bond donors (Lipinski definition) is 3. The Bertz CT molecular complexity index is 393. The molecule has 0 aliphatic heterocycles. The van der Waals surface area contributed by atoms with Gasteiger partial charge in [-0.05, 0) is 31.2 Å². The quantitative estimate of drug-likeness (QED) is 0.718. The molecule has 4 nitrogen and oxygen atoms in total. The summed E-state index contributed by atoms with van der Waals surface area (Å²) in [5.74, 6) is 0.636. The van der Waals surface area contributed by atoms with Gasteiger partial charge in [-0.2, -0.15) is 0 Å². The van der Waals surface area contributed by atoms with Crippen molar-refractivity contribution in [2.45, 2.75) is 45.7 Å². The lowest BCUT2D eigenvalue weighted by Crippen LogP contribution is -2.43. The second-order valence-electron chi connectivity index (χ2n) is 5.64. The first kappa shape index (κ1) is 16.5. The second kappa shape index (κ2) is 8.59. The van der Waals surface area contributed by atoms with Gasteiger partial charge in [-0.3, -0.25) is 0 Å². The van der Waals surface area contributed by atoms with Gasteiger partial charge in [-0.25, -0.2) is 4.79 Å². The lowest BCUT2D eigenvalue weighted by atomic mass is 10.0. The highest BCUT2D eigenvalue weighted by molar-refractivity contribution is 5.74. The molecule has 2 unspecified atom stereocenters. The third-order valence-corrected chi connectivity index (χ3v) is 3.24. The fourth-order valence-corrected chi connectivity index (χ4v) is 2.00.